The van der Waals surface area contributed by atoms with E-state index in [1.807, 2.05) is 42.7 Å². The van der Waals surface area contributed by atoms with Gasteiger partial charge in [-0.3, -0.25) is 19.9 Å². The fourth-order valence-corrected chi connectivity index (χ4v) is 7.60. The molecule has 51 heavy (non-hydrogen) atoms. The van der Waals surface area contributed by atoms with Crippen LogP contribution in [0.5, 0.6) is 0 Å². The summed E-state index contributed by atoms with van der Waals surface area (Å²) >= 11 is 0. The van der Waals surface area contributed by atoms with Crippen LogP contribution in [-0.4, -0.2) is 33.8 Å². The maximum Gasteiger partial charge on any atom is 0.128 e. The zero-order valence-corrected chi connectivity index (χ0v) is 29.3. The van der Waals surface area contributed by atoms with Crippen LogP contribution in [0.25, 0.3) is 22.4 Å². The number of rotatable bonds is 7. The van der Waals surface area contributed by atoms with Gasteiger partial charge in [0.05, 0.1) is 22.5 Å². The maximum atomic E-state index is 5.57. The first-order valence-electron chi connectivity index (χ1n) is 17.6. The van der Waals surface area contributed by atoms with E-state index in [9.17, 15) is 0 Å². The van der Waals surface area contributed by atoms with E-state index in [1.54, 1.807) is 0 Å². The summed E-state index contributed by atoms with van der Waals surface area (Å²) in [5.74, 6) is 0. The molecular formula is C47H40N4. The van der Waals surface area contributed by atoms with E-state index in [4.69, 9.17) is 4.99 Å². The van der Waals surface area contributed by atoms with Gasteiger partial charge in [-0.15, -0.1) is 0 Å². The Labute approximate surface area is 301 Å². The lowest BCUT2D eigenvalue weighted by Crippen LogP contribution is -2.52. The number of likely N-dealkylation sites (N-methyl/N-ethyl adjacent to an activating group) is 1. The van der Waals surface area contributed by atoms with Crippen molar-refractivity contribution in [1.82, 2.24) is 14.9 Å². The van der Waals surface area contributed by atoms with Crippen molar-refractivity contribution in [3.63, 3.8) is 0 Å². The van der Waals surface area contributed by atoms with Gasteiger partial charge >= 0.3 is 0 Å². The van der Waals surface area contributed by atoms with Gasteiger partial charge in [-0.1, -0.05) is 128 Å². The molecule has 0 N–H and O–H groups in total. The van der Waals surface area contributed by atoms with Crippen LogP contribution >= 0.6 is 0 Å². The Morgan fingerprint density at radius 2 is 1.29 bits per heavy atom. The van der Waals surface area contributed by atoms with Crippen molar-refractivity contribution in [2.75, 3.05) is 7.05 Å². The summed E-state index contributed by atoms with van der Waals surface area (Å²) in [6.45, 7) is 4.68. The number of hydrogen-bond donors (Lipinski definition) is 0. The molecule has 8 rings (SSSR count). The lowest BCUT2D eigenvalue weighted by atomic mass is 9.70. The van der Waals surface area contributed by atoms with Gasteiger partial charge in [-0.25, -0.2) is 0 Å². The quantitative estimate of drug-likeness (QED) is 0.163. The van der Waals surface area contributed by atoms with Gasteiger partial charge in [0.25, 0.3) is 0 Å². The van der Waals surface area contributed by atoms with E-state index in [0.717, 1.165) is 46.7 Å². The highest BCUT2D eigenvalue weighted by molar-refractivity contribution is 6.02. The van der Waals surface area contributed by atoms with Crippen molar-refractivity contribution in [2.24, 2.45) is 10.4 Å². The molecule has 2 aromatic heterocycles. The Balaban J connectivity index is 1.27. The number of aromatic nitrogens is 2. The molecule has 4 nitrogen and oxygen atoms in total. The normalized spacial score (nSPS) is 23.1. The first-order valence-corrected chi connectivity index (χ1v) is 17.6. The van der Waals surface area contributed by atoms with Gasteiger partial charge in [0.2, 0.25) is 0 Å². The highest BCUT2D eigenvalue weighted by Gasteiger charge is 2.43. The Bertz CT molecular complexity index is 2290. The number of hydrogen-bond acceptors (Lipinski definition) is 4. The first kappa shape index (κ1) is 32.3. The number of pyridine rings is 2. The highest BCUT2D eigenvalue weighted by atomic mass is 15.3. The first-order chi connectivity index (χ1) is 24.9. The average Bonchev–Trinajstić information content (AvgIpc) is 3.20. The summed E-state index contributed by atoms with van der Waals surface area (Å²) in [4.78, 5) is 17.2. The molecule has 0 amide bonds. The van der Waals surface area contributed by atoms with Crippen LogP contribution in [0.15, 0.2) is 186 Å². The van der Waals surface area contributed by atoms with Gasteiger partial charge in [0.1, 0.15) is 6.17 Å². The van der Waals surface area contributed by atoms with Crippen LogP contribution in [0.1, 0.15) is 49.1 Å². The SMILES string of the molecule is CN1C(C2=CC(C)(C3=C=C=C(c4ccccn4)C=C3)CC(c3ccc(-c4ccccn4)cc3)=C2)N=C(c2ccccc2)CC1(C)c1ccccc1. The summed E-state index contributed by atoms with van der Waals surface area (Å²) < 4.78 is 0. The summed E-state index contributed by atoms with van der Waals surface area (Å²) in [5, 5.41) is 0. The summed E-state index contributed by atoms with van der Waals surface area (Å²) in [7, 11) is 2.23. The van der Waals surface area contributed by atoms with Crippen LogP contribution in [0, 0.1) is 5.41 Å². The fraction of sp³-hybridized carbons (Fsp3) is 0.170. The molecule has 5 aromatic rings. The Morgan fingerprint density at radius 3 is 1.94 bits per heavy atom. The molecule has 0 saturated carbocycles. The molecule has 3 unspecified atom stereocenters. The van der Waals surface area contributed by atoms with Crippen molar-refractivity contribution in [3.8, 4) is 11.3 Å². The summed E-state index contributed by atoms with van der Waals surface area (Å²) in [5.41, 5.74) is 18.6. The summed E-state index contributed by atoms with van der Waals surface area (Å²) in [6, 6.07) is 42.3. The molecule has 1 aliphatic heterocycles. The fourth-order valence-electron chi connectivity index (χ4n) is 7.60. The number of nitrogens with zero attached hydrogens (tertiary/aromatic N) is 4. The Kier molecular flexibility index (Phi) is 8.52. The topological polar surface area (TPSA) is 41.4 Å². The Morgan fingerprint density at radius 1 is 0.647 bits per heavy atom. The van der Waals surface area contributed by atoms with Crippen molar-refractivity contribution in [1.29, 1.82) is 0 Å². The maximum absolute atomic E-state index is 5.57. The van der Waals surface area contributed by atoms with Crippen LogP contribution < -0.4 is 0 Å². The average molecular weight is 661 g/mol. The molecule has 4 heteroatoms. The van der Waals surface area contributed by atoms with E-state index >= 15 is 0 Å². The van der Waals surface area contributed by atoms with Crippen LogP contribution in [0.4, 0.5) is 0 Å². The van der Waals surface area contributed by atoms with E-state index < -0.39 is 0 Å². The lowest BCUT2D eigenvalue weighted by Gasteiger charge is -2.48. The van der Waals surface area contributed by atoms with Gasteiger partial charge in [0.15, 0.2) is 0 Å². The van der Waals surface area contributed by atoms with Gasteiger partial charge in [0, 0.05) is 41.1 Å². The zero-order valence-electron chi connectivity index (χ0n) is 29.3. The van der Waals surface area contributed by atoms with Gasteiger partial charge < -0.3 is 0 Å². The van der Waals surface area contributed by atoms with E-state index in [-0.39, 0.29) is 17.1 Å². The molecule has 0 saturated heterocycles. The molecule has 0 fully saturated rings. The second kappa shape index (κ2) is 13.4. The third kappa shape index (κ3) is 6.34. The minimum absolute atomic E-state index is 0.210. The Hall–Kier alpha value is -5.89. The molecule has 2 aliphatic carbocycles. The van der Waals surface area contributed by atoms with Crippen molar-refractivity contribution in [3.05, 3.63) is 203 Å². The number of benzene rings is 3. The van der Waals surface area contributed by atoms with Crippen LogP contribution in [-0.2, 0) is 5.54 Å². The molecular weight excluding hydrogens is 621 g/mol. The van der Waals surface area contributed by atoms with Crippen LogP contribution in [0.2, 0.25) is 0 Å². The zero-order chi connectivity index (χ0) is 34.8. The van der Waals surface area contributed by atoms with Crippen molar-refractivity contribution < 1.29 is 0 Å². The van der Waals surface area contributed by atoms with Crippen LogP contribution in [0.3, 0.4) is 0 Å². The molecule has 248 valence electrons. The molecule has 0 spiro atoms. The van der Waals surface area contributed by atoms with Gasteiger partial charge in [-0.2, -0.15) is 0 Å². The van der Waals surface area contributed by atoms with E-state index in [1.165, 1.54) is 27.8 Å². The predicted octanol–water partition coefficient (Wildman–Crippen LogP) is 10.3. The molecule has 3 heterocycles. The minimum atomic E-state index is -0.359. The highest BCUT2D eigenvalue weighted by Crippen LogP contribution is 2.48. The second-order valence-electron chi connectivity index (χ2n) is 14.1. The van der Waals surface area contributed by atoms with Gasteiger partial charge in [-0.05, 0) is 84.6 Å². The minimum Gasteiger partial charge on any atom is -0.271 e. The number of aliphatic imine (C=N–C) groups is 1. The smallest absolute Gasteiger partial charge is 0.128 e. The number of allylic oxidation sites excluding steroid dienone is 6. The third-order valence-corrected chi connectivity index (χ3v) is 10.6. The largest absolute Gasteiger partial charge is 0.271 e. The van der Waals surface area contributed by atoms with E-state index in [0.29, 0.717) is 0 Å². The molecule has 3 atom stereocenters. The molecule has 3 aliphatic rings. The lowest BCUT2D eigenvalue weighted by molar-refractivity contribution is 0.0998. The summed E-state index contributed by atoms with van der Waals surface area (Å²) in [6.07, 6.45) is 14.2. The molecule has 0 bridgehead atoms. The standard InChI is InChI=1S/C47H40N4/c1-46(40-26-24-37(25-27-40)43-19-11-13-29-49-43)31-38(34-20-22-36(23-21-34)42-18-10-12-28-48-42)30-39(32-46)45-50-44(35-14-6-4-7-15-35)33-47(2,51(45)3)41-16-8-5-9-17-41/h4-24,26,28-30,32,45H,31,33H2,1-3H3. The van der Waals surface area contributed by atoms with Crippen molar-refractivity contribution in [2.45, 2.75) is 38.4 Å². The monoisotopic (exact) mass is 660 g/mol. The third-order valence-electron chi connectivity index (χ3n) is 10.6. The molecule has 0 radical (unpaired) electrons. The second-order valence-corrected chi connectivity index (χ2v) is 14.1. The van der Waals surface area contributed by atoms with E-state index in [2.05, 4.69) is 163 Å². The molecule has 3 aromatic carbocycles. The predicted molar refractivity (Wildman–Crippen MR) is 209 cm³/mol. The van der Waals surface area contributed by atoms with Crippen molar-refractivity contribution >= 4 is 16.9 Å².